The highest BCUT2D eigenvalue weighted by molar-refractivity contribution is 7.90. The first-order chi connectivity index (χ1) is 10.2. The fraction of sp³-hybridized carbons (Fsp3) is 0.286. The number of sulfone groups is 1. The number of aromatic amines is 1. The van der Waals surface area contributed by atoms with Gasteiger partial charge in [0.25, 0.3) is 5.56 Å². The van der Waals surface area contributed by atoms with Gasteiger partial charge in [-0.3, -0.25) is 19.4 Å². The van der Waals surface area contributed by atoms with Gasteiger partial charge in [-0.15, -0.1) is 0 Å². The van der Waals surface area contributed by atoms with Crippen LogP contribution in [0.1, 0.15) is 5.56 Å². The molecule has 0 amide bonds. The molecule has 8 heteroatoms. The van der Waals surface area contributed by atoms with E-state index < -0.39 is 15.8 Å². The van der Waals surface area contributed by atoms with Crippen molar-refractivity contribution >= 4 is 15.8 Å². The fourth-order valence-corrected chi connectivity index (χ4v) is 2.71. The van der Waals surface area contributed by atoms with Crippen molar-refractivity contribution in [1.29, 1.82) is 0 Å². The molecule has 0 radical (unpaired) electrons. The van der Waals surface area contributed by atoms with Crippen LogP contribution in [0.2, 0.25) is 0 Å². The second kappa shape index (κ2) is 5.80. The molecule has 1 N–H and O–H groups in total. The molecule has 0 aliphatic rings. The Kier molecular flexibility index (Phi) is 4.23. The smallest absolute Gasteiger partial charge is 0.310 e. The molecule has 0 bridgehead atoms. The van der Waals surface area contributed by atoms with Crippen LogP contribution in [0, 0.1) is 0 Å². The number of carbonyl (C=O) groups is 1. The van der Waals surface area contributed by atoms with Crippen LogP contribution in [0.4, 0.5) is 0 Å². The Hall–Kier alpha value is -2.35. The minimum Gasteiger partial charge on any atom is -0.469 e. The molecule has 0 aliphatic heterocycles. The van der Waals surface area contributed by atoms with Crippen LogP contribution in [0.5, 0.6) is 0 Å². The minimum atomic E-state index is -3.29. The van der Waals surface area contributed by atoms with Gasteiger partial charge in [0.15, 0.2) is 9.84 Å². The molecule has 2 rings (SSSR count). The Balaban J connectivity index is 2.51. The maximum Gasteiger partial charge on any atom is 0.310 e. The van der Waals surface area contributed by atoms with Crippen LogP contribution in [-0.2, 0) is 32.8 Å². The van der Waals surface area contributed by atoms with Crippen LogP contribution >= 0.6 is 0 Å². The number of esters is 1. The van der Waals surface area contributed by atoms with Crippen LogP contribution in [-0.4, -0.2) is 37.5 Å². The molecule has 1 aromatic heterocycles. The summed E-state index contributed by atoms with van der Waals surface area (Å²) in [5.74, 6) is -0.522. The van der Waals surface area contributed by atoms with E-state index in [1.54, 1.807) is 12.1 Å². The summed E-state index contributed by atoms with van der Waals surface area (Å²) in [6.07, 6.45) is 0.963. The highest BCUT2D eigenvalue weighted by Crippen LogP contribution is 2.22. The second-order valence-corrected chi connectivity index (χ2v) is 6.89. The summed E-state index contributed by atoms with van der Waals surface area (Å²) in [5, 5.41) is 2.86. The number of rotatable bonds is 4. The van der Waals surface area contributed by atoms with Crippen molar-refractivity contribution in [1.82, 2.24) is 9.78 Å². The Labute approximate surface area is 127 Å². The summed E-state index contributed by atoms with van der Waals surface area (Å²) in [5.41, 5.74) is 1.04. The van der Waals surface area contributed by atoms with E-state index in [1.165, 1.54) is 31.0 Å². The molecule has 1 aromatic carbocycles. The van der Waals surface area contributed by atoms with Crippen LogP contribution in [0.15, 0.2) is 34.0 Å². The average molecular weight is 324 g/mol. The number of aryl methyl sites for hydroxylation is 1. The van der Waals surface area contributed by atoms with Gasteiger partial charge in [-0.25, -0.2) is 8.42 Å². The number of hydrogen-bond donors (Lipinski definition) is 1. The van der Waals surface area contributed by atoms with E-state index >= 15 is 0 Å². The summed E-state index contributed by atoms with van der Waals surface area (Å²) in [6.45, 7) is 0. The largest absolute Gasteiger partial charge is 0.469 e. The van der Waals surface area contributed by atoms with Gasteiger partial charge < -0.3 is 4.74 Å². The molecule has 118 valence electrons. The average Bonchev–Trinajstić information content (AvgIpc) is 2.74. The van der Waals surface area contributed by atoms with Gasteiger partial charge in [0.1, 0.15) is 0 Å². The third-order valence-electron chi connectivity index (χ3n) is 3.26. The quantitative estimate of drug-likeness (QED) is 0.826. The van der Waals surface area contributed by atoms with E-state index in [0.29, 0.717) is 11.3 Å². The monoisotopic (exact) mass is 324 g/mol. The molecular weight excluding hydrogens is 308 g/mol. The van der Waals surface area contributed by atoms with Gasteiger partial charge in [0, 0.05) is 13.3 Å². The Morgan fingerprint density at radius 3 is 2.36 bits per heavy atom. The first kappa shape index (κ1) is 16.0. The number of nitrogens with one attached hydrogen (secondary N) is 1. The molecule has 0 saturated carbocycles. The van der Waals surface area contributed by atoms with E-state index in [-0.39, 0.29) is 22.4 Å². The van der Waals surface area contributed by atoms with Gasteiger partial charge in [0.2, 0.25) is 0 Å². The van der Waals surface area contributed by atoms with Crippen molar-refractivity contribution in [2.24, 2.45) is 7.05 Å². The molecule has 7 nitrogen and oxygen atoms in total. The van der Waals surface area contributed by atoms with E-state index in [9.17, 15) is 18.0 Å². The summed E-state index contributed by atoms with van der Waals surface area (Å²) < 4.78 is 28.8. The lowest BCUT2D eigenvalue weighted by Gasteiger charge is -2.04. The van der Waals surface area contributed by atoms with Gasteiger partial charge in [-0.05, 0) is 17.7 Å². The molecule has 0 fully saturated rings. The number of carbonyl (C=O) groups excluding carboxylic acids is 1. The lowest BCUT2D eigenvalue weighted by atomic mass is 10.1. The number of hydrogen-bond acceptors (Lipinski definition) is 5. The number of methoxy groups -OCH3 is 1. The Morgan fingerprint density at radius 2 is 1.86 bits per heavy atom. The lowest BCUT2D eigenvalue weighted by molar-refractivity contribution is -0.139. The third kappa shape index (κ3) is 3.11. The molecule has 0 unspecified atom stereocenters. The number of nitrogens with zero attached hydrogens (tertiary/aromatic N) is 1. The SMILES string of the molecule is COC(=O)Cc1c(-c2ccc(S(C)(=O)=O)cc2)[nH]n(C)c1=O. The van der Waals surface area contributed by atoms with E-state index in [4.69, 9.17) is 0 Å². The summed E-state index contributed by atoms with van der Waals surface area (Å²) in [4.78, 5) is 23.7. The zero-order valence-electron chi connectivity index (χ0n) is 12.4. The van der Waals surface area contributed by atoms with Crippen LogP contribution < -0.4 is 5.56 Å². The Bertz CT molecular complexity index is 860. The standard InChI is InChI=1S/C14H16N2O5S/c1-16-14(18)11(8-12(17)21-2)13(15-16)9-4-6-10(7-5-9)22(3,19)20/h4-7,15H,8H2,1-3H3. The zero-order chi connectivity index (χ0) is 16.5. The van der Waals surface area contributed by atoms with Gasteiger partial charge >= 0.3 is 5.97 Å². The maximum absolute atomic E-state index is 12.1. The molecule has 22 heavy (non-hydrogen) atoms. The number of aromatic nitrogens is 2. The normalized spacial score (nSPS) is 11.4. The number of H-pyrrole nitrogens is 1. The lowest BCUT2D eigenvalue weighted by Crippen LogP contribution is -2.18. The minimum absolute atomic E-state index is 0.157. The molecular formula is C14H16N2O5S. The predicted molar refractivity (Wildman–Crippen MR) is 80.3 cm³/mol. The van der Waals surface area contributed by atoms with E-state index in [0.717, 1.165) is 6.26 Å². The number of ether oxygens (including phenoxy) is 1. The van der Waals surface area contributed by atoms with Gasteiger partial charge in [0.05, 0.1) is 29.7 Å². The van der Waals surface area contributed by atoms with Crippen molar-refractivity contribution in [2.75, 3.05) is 13.4 Å². The van der Waals surface area contributed by atoms with Crippen molar-refractivity contribution in [3.8, 4) is 11.3 Å². The van der Waals surface area contributed by atoms with Crippen molar-refractivity contribution in [3.63, 3.8) is 0 Å². The topological polar surface area (TPSA) is 98.2 Å². The second-order valence-electron chi connectivity index (χ2n) is 4.88. The van der Waals surface area contributed by atoms with Gasteiger partial charge in [-0.2, -0.15) is 0 Å². The highest BCUT2D eigenvalue weighted by Gasteiger charge is 2.18. The summed E-state index contributed by atoms with van der Waals surface area (Å²) >= 11 is 0. The van der Waals surface area contributed by atoms with Gasteiger partial charge in [-0.1, -0.05) is 12.1 Å². The zero-order valence-corrected chi connectivity index (χ0v) is 13.2. The third-order valence-corrected chi connectivity index (χ3v) is 4.39. The molecule has 0 aliphatic carbocycles. The molecule has 0 saturated heterocycles. The first-order valence-corrected chi connectivity index (χ1v) is 8.28. The predicted octanol–water partition coefficient (Wildman–Crippen LogP) is 0.499. The molecule has 2 aromatic rings. The Morgan fingerprint density at radius 1 is 1.27 bits per heavy atom. The van der Waals surface area contributed by atoms with Crippen molar-refractivity contribution in [2.45, 2.75) is 11.3 Å². The number of benzene rings is 1. The summed E-state index contributed by atoms with van der Waals surface area (Å²) in [7, 11) is -0.500. The highest BCUT2D eigenvalue weighted by atomic mass is 32.2. The van der Waals surface area contributed by atoms with E-state index in [1.807, 2.05) is 0 Å². The van der Waals surface area contributed by atoms with E-state index in [2.05, 4.69) is 9.84 Å². The van der Waals surface area contributed by atoms with Crippen LogP contribution in [0.25, 0.3) is 11.3 Å². The molecule has 1 heterocycles. The first-order valence-electron chi connectivity index (χ1n) is 6.39. The fourth-order valence-electron chi connectivity index (χ4n) is 2.08. The van der Waals surface area contributed by atoms with Crippen molar-refractivity contribution < 1.29 is 17.9 Å². The molecule has 0 atom stereocenters. The summed E-state index contributed by atoms with van der Waals surface area (Å²) in [6, 6.07) is 6.08. The van der Waals surface area contributed by atoms with Crippen LogP contribution in [0.3, 0.4) is 0 Å². The maximum atomic E-state index is 12.1. The van der Waals surface area contributed by atoms with Crippen molar-refractivity contribution in [3.05, 3.63) is 40.2 Å². The molecule has 0 spiro atoms.